The lowest BCUT2D eigenvalue weighted by molar-refractivity contribution is -0.147. The van der Waals surface area contributed by atoms with E-state index in [0.29, 0.717) is 19.5 Å². The van der Waals surface area contributed by atoms with Crippen LogP contribution in [0.15, 0.2) is 67.2 Å². The molecule has 1 amide bonds. The zero-order valence-corrected chi connectivity index (χ0v) is 17.5. The molecule has 0 aromatic heterocycles. The number of ether oxygens (including phenoxy) is 2. The molecule has 0 spiro atoms. The molecule has 1 aliphatic rings. The second-order valence-corrected chi connectivity index (χ2v) is 7.67. The topological polar surface area (TPSA) is 55.8 Å². The second-order valence-electron chi connectivity index (χ2n) is 7.67. The highest BCUT2D eigenvalue weighted by Gasteiger charge is 2.34. The average Bonchev–Trinajstić information content (AvgIpc) is 2.81. The number of hydrogen-bond acceptors (Lipinski definition) is 4. The van der Waals surface area contributed by atoms with Gasteiger partial charge in [0.15, 0.2) is 0 Å². The third-order valence-corrected chi connectivity index (χ3v) is 5.72. The Hall–Kier alpha value is -3.08. The molecule has 1 unspecified atom stereocenters. The van der Waals surface area contributed by atoms with Crippen molar-refractivity contribution in [3.8, 4) is 0 Å². The van der Waals surface area contributed by atoms with Gasteiger partial charge in [-0.25, -0.2) is 4.79 Å². The van der Waals surface area contributed by atoms with Crippen LogP contribution in [0.25, 0.3) is 5.57 Å². The number of esters is 1. The van der Waals surface area contributed by atoms with Crippen molar-refractivity contribution in [2.24, 2.45) is 11.8 Å². The molecule has 0 aliphatic carbocycles. The molecule has 1 atom stereocenters. The van der Waals surface area contributed by atoms with Crippen LogP contribution in [-0.2, 0) is 20.9 Å². The first-order valence-electron chi connectivity index (χ1n) is 10.3. The SMILES string of the molecule is C=C(CC(C(=O)OC)C1CCN(C(=O)OCc2ccccc2)CC1)c1ccccc1. The van der Waals surface area contributed by atoms with E-state index in [0.717, 1.165) is 29.5 Å². The quantitative estimate of drug-likeness (QED) is 0.611. The van der Waals surface area contributed by atoms with Gasteiger partial charge >= 0.3 is 12.1 Å². The highest BCUT2D eigenvalue weighted by molar-refractivity contribution is 5.76. The number of benzene rings is 2. The van der Waals surface area contributed by atoms with E-state index in [1.54, 1.807) is 4.90 Å². The summed E-state index contributed by atoms with van der Waals surface area (Å²) in [6.45, 7) is 5.59. The van der Waals surface area contributed by atoms with Crippen LogP contribution in [0.3, 0.4) is 0 Å². The van der Waals surface area contributed by atoms with Gasteiger partial charge in [0, 0.05) is 13.1 Å². The van der Waals surface area contributed by atoms with Gasteiger partial charge in [-0.1, -0.05) is 67.2 Å². The number of hydrogen-bond donors (Lipinski definition) is 0. The van der Waals surface area contributed by atoms with E-state index in [-0.39, 0.29) is 30.5 Å². The number of allylic oxidation sites excluding steroid dienone is 1. The molecule has 5 nitrogen and oxygen atoms in total. The van der Waals surface area contributed by atoms with Crippen LogP contribution in [0.1, 0.15) is 30.4 Å². The number of rotatable bonds is 7. The summed E-state index contributed by atoms with van der Waals surface area (Å²) in [5, 5.41) is 0. The molecular formula is C25H29NO4. The van der Waals surface area contributed by atoms with Crippen LogP contribution >= 0.6 is 0 Å². The summed E-state index contributed by atoms with van der Waals surface area (Å²) in [4.78, 5) is 26.6. The third-order valence-electron chi connectivity index (χ3n) is 5.72. The Balaban J connectivity index is 1.54. The number of amides is 1. The maximum Gasteiger partial charge on any atom is 0.410 e. The van der Waals surface area contributed by atoms with Gasteiger partial charge in [-0.05, 0) is 41.9 Å². The molecule has 1 aliphatic heterocycles. The smallest absolute Gasteiger partial charge is 0.410 e. The van der Waals surface area contributed by atoms with Gasteiger partial charge in [0.05, 0.1) is 13.0 Å². The largest absolute Gasteiger partial charge is 0.469 e. The summed E-state index contributed by atoms with van der Waals surface area (Å²) in [6.07, 6.45) is 1.73. The third kappa shape index (κ3) is 5.72. The van der Waals surface area contributed by atoms with E-state index >= 15 is 0 Å². The number of carbonyl (C=O) groups excluding carboxylic acids is 2. The van der Waals surface area contributed by atoms with Crippen molar-refractivity contribution in [2.45, 2.75) is 25.9 Å². The molecule has 1 fully saturated rings. The Morgan fingerprint density at radius 3 is 2.23 bits per heavy atom. The zero-order valence-electron chi connectivity index (χ0n) is 17.5. The van der Waals surface area contributed by atoms with E-state index in [2.05, 4.69) is 6.58 Å². The summed E-state index contributed by atoms with van der Waals surface area (Å²) >= 11 is 0. The fraction of sp³-hybridized carbons (Fsp3) is 0.360. The van der Waals surface area contributed by atoms with Gasteiger partial charge in [0.2, 0.25) is 0 Å². The number of nitrogens with zero attached hydrogens (tertiary/aromatic N) is 1. The van der Waals surface area contributed by atoms with Gasteiger partial charge in [-0.2, -0.15) is 0 Å². The highest BCUT2D eigenvalue weighted by atomic mass is 16.6. The van der Waals surface area contributed by atoms with Crippen molar-refractivity contribution in [2.75, 3.05) is 20.2 Å². The fourth-order valence-corrected chi connectivity index (χ4v) is 3.95. The summed E-state index contributed by atoms with van der Waals surface area (Å²) in [5.41, 5.74) is 2.93. The summed E-state index contributed by atoms with van der Waals surface area (Å²) in [7, 11) is 1.43. The van der Waals surface area contributed by atoms with Gasteiger partial charge in [-0.15, -0.1) is 0 Å². The molecule has 0 N–H and O–H groups in total. The number of carbonyl (C=O) groups is 2. The van der Waals surface area contributed by atoms with E-state index in [1.165, 1.54) is 7.11 Å². The molecule has 158 valence electrons. The molecule has 1 saturated heterocycles. The minimum absolute atomic E-state index is 0.149. The van der Waals surface area contributed by atoms with Crippen LogP contribution in [0.2, 0.25) is 0 Å². The van der Waals surface area contributed by atoms with Gasteiger partial charge < -0.3 is 14.4 Å². The molecule has 2 aromatic carbocycles. The summed E-state index contributed by atoms with van der Waals surface area (Å²) < 4.78 is 10.5. The highest BCUT2D eigenvalue weighted by Crippen LogP contribution is 2.33. The van der Waals surface area contributed by atoms with E-state index in [4.69, 9.17) is 9.47 Å². The van der Waals surface area contributed by atoms with Crippen LogP contribution < -0.4 is 0 Å². The van der Waals surface area contributed by atoms with Crippen molar-refractivity contribution in [3.05, 3.63) is 78.4 Å². The van der Waals surface area contributed by atoms with Crippen LogP contribution in [-0.4, -0.2) is 37.2 Å². The van der Waals surface area contributed by atoms with Crippen LogP contribution in [0, 0.1) is 11.8 Å². The molecule has 3 rings (SSSR count). The average molecular weight is 408 g/mol. The van der Waals surface area contributed by atoms with Crippen molar-refractivity contribution in [1.82, 2.24) is 4.90 Å². The molecule has 0 radical (unpaired) electrons. The summed E-state index contributed by atoms with van der Waals surface area (Å²) in [5.74, 6) is -0.321. The monoisotopic (exact) mass is 407 g/mol. The van der Waals surface area contributed by atoms with Gasteiger partial charge in [0.1, 0.15) is 6.61 Å². The molecule has 0 saturated carbocycles. The number of likely N-dealkylation sites (tertiary alicyclic amines) is 1. The van der Waals surface area contributed by atoms with E-state index in [9.17, 15) is 9.59 Å². The first-order chi connectivity index (χ1) is 14.6. The Kier molecular flexibility index (Phi) is 7.66. The Bertz CT molecular complexity index is 842. The lowest BCUT2D eigenvalue weighted by Crippen LogP contribution is -2.41. The predicted molar refractivity (Wildman–Crippen MR) is 117 cm³/mol. The molecule has 5 heteroatoms. The Morgan fingerprint density at radius 1 is 1.03 bits per heavy atom. The van der Waals surface area contributed by atoms with E-state index < -0.39 is 0 Å². The first-order valence-corrected chi connectivity index (χ1v) is 10.3. The maximum absolute atomic E-state index is 12.5. The zero-order chi connectivity index (χ0) is 21.3. The Morgan fingerprint density at radius 2 is 1.63 bits per heavy atom. The minimum Gasteiger partial charge on any atom is -0.469 e. The second kappa shape index (κ2) is 10.6. The van der Waals surface area contributed by atoms with E-state index in [1.807, 2.05) is 60.7 Å². The van der Waals surface area contributed by atoms with Gasteiger partial charge in [0.25, 0.3) is 0 Å². The van der Waals surface area contributed by atoms with Crippen molar-refractivity contribution < 1.29 is 19.1 Å². The molecule has 30 heavy (non-hydrogen) atoms. The first kappa shape index (κ1) is 21.6. The predicted octanol–water partition coefficient (Wildman–Crippen LogP) is 4.93. The molecule has 2 aromatic rings. The molecule has 1 heterocycles. The fourth-order valence-electron chi connectivity index (χ4n) is 3.95. The molecular weight excluding hydrogens is 378 g/mol. The van der Waals surface area contributed by atoms with Gasteiger partial charge in [-0.3, -0.25) is 4.79 Å². The Labute approximate surface area is 178 Å². The van der Waals surface area contributed by atoms with Crippen molar-refractivity contribution >= 4 is 17.6 Å². The van der Waals surface area contributed by atoms with Crippen LogP contribution in [0.5, 0.6) is 0 Å². The number of methoxy groups -OCH3 is 1. The lowest BCUT2D eigenvalue weighted by atomic mass is 9.80. The maximum atomic E-state index is 12.5. The molecule has 0 bridgehead atoms. The van der Waals surface area contributed by atoms with Crippen molar-refractivity contribution in [3.63, 3.8) is 0 Å². The minimum atomic E-state index is -0.305. The number of piperidine rings is 1. The lowest BCUT2D eigenvalue weighted by Gasteiger charge is -2.34. The summed E-state index contributed by atoms with van der Waals surface area (Å²) in [6, 6.07) is 19.5. The normalized spacial score (nSPS) is 15.3. The standard InChI is InChI=1S/C25H29NO4/c1-19(21-11-7-4-8-12-21)17-23(24(27)29-2)22-13-15-26(16-14-22)25(28)30-18-20-9-5-3-6-10-20/h3-12,22-23H,1,13-18H2,2H3. The van der Waals surface area contributed by atoms with Crippen LogP contribution in [0.4, 0.5) is 4.79 Å². The van der Waals surface area contributed by atoms with Crippen molar-refractivity contribution in [1.29, 1.82) is 0 Å².